The second-order valence-corrected chi connectivity index (χ2v) is 9.30. The van der Waals surface area contributed by atoms with Crippen LogP contribution in [-0.2, 0) is 16.9 Å². The van der Waals surface area contributed by atoms with E-state index < -0.39 is 17.8 Å². The number of nitrogens with zero attached hydrogens (tertiary/aromatic N) is 3. The van der Waals surface area contributed by atoms with Gasteiger partial charge < -0.3 is 20.3 Å². The summed E-state index contributed by atoms with van der Waals surface area (Å²) in [7, 11) is 0. The fraction of sp³-hybridized carbons (Fsp3) is 0.667. The maximum atomic E-state index is 10.3. The predicted molar refractivity (Wildman–Crippen MR) is 103 cm³/mol. The highest BCUT2D eigenvalue weighted by molar-refractivity contribution is 7.16. The lowest BCUT2D eigenvalue weighted by atomic mass is 9.79. The predicted octanol–water partition coefficient (Wildman–Crippen LogP) is 2.54. The summed E-state index contributed by atoms with van der Waals surface area (Å²) in [5.74, 6) is 0. The molecule has 1 fully saturated rings. The van der Waals surface area contributed by atoms with E-state index in [2.05, 4.69) is 22.6 Å². The van der Waals surface area contributed by atoms with Crippen LogP contribution in [0.2, 0.25) is 4.34 Å². The van der Waals surface area contributed by atoms with Crippen molar-refractivity contribution in [3.63, 3.8) is 0 Å². The largest absolute Gasteiger partial charge is 0.391 e. The number of ether oxygens (including phenoxy) is 1. The Morgan fingerprint density at radius 3 is 3.11 bits per heavy atom. The molecule has 148 valence electrons. The van der Waals surface area contributed by atoms with E-state index in [-0.39, 0.29) is 18.7 Å². The van der Waals surface area contributed by atoms with Crippen molar-refractivity contribution >= 4 is 22.9 Å². The van der Waals surface area contributed by atoms with Gasteiger partial charge in [0.2, 0.25) is 0 Å². The van der Waals surface area contributed by atoms with Gasteiger partial charge in [-0.25, -0.2) is 4.68 Å². The van der Waals surface area contributed by atoms with Crippen LogP contribution in [0.25, 0.3) is 0 Å². The van der Waals surface area contributed by atoms with Gasteiger partial charge in [0.25, 0.3) is 0 Å². The molecule has 0 aromatic carbocycles. The number of aromatic nitrogens is 3. The van der Waals surface area contributed by atoms with E-state index in [1.807, 2.05) is 19.2 Å². The fourth-order valence-electron chi connectivity index (χ4n) is 4.14. The molecule has 4 heterocycles. The summed E-state index contributed by atoms with van der Waals surface area (Å²) in [6, 6.07) is 2.05. The Labute approximate surface area is 167 Å². The van der Waals surface area contributed by atoms with Gasteiger partial charge >= 0.3 is 0 Å². The number of rotatable bonds is 4. The molecule has 27 heavy (non-hydrogen) atoms. The van der Waals surface area contributed by atoms with Crippen LogP contribution in [0, 0.1) is 0 Å². The van der Waals surface area contributed by atoms with Crippen LogP contribution in [0.1, 0.15) is 61.4 Å². The summed E-state index contributed by atoms with van der Waals surface area (Å²) < 4.78 is 8.60. The molecule has 0 radical (unpaired) electrons. The van der Waals surface area contributed by atoms with Gasteiger partial charge in [0.05, 0.1) is 41.5 Å². The van der Waals surface area contributed by atoms with Gasteiger partial charge in [0.15, 0.2) is 0 Å². The molecule has 5 atom stereocenters. The van der Waals surface area contributed by atoms with Gasteiger partial charge in [-0.2, -0.15) is 0 Å². The number of hydrogen-bond donors (Lipinski definition) is 3. The first-order chi connectivity index (χ1) is 12.9. The highest BCUT2D eigenvalue weighted by Gasteiger charge is 2.48. The van der Waals surface area contributed by atoms with Gasteiger partial charge in [0.1, 0.15) is 11.7 Å². The molecule has 2 aliphatic rings. The van der Waals surface area contributed by atoms with Crippen LogP contribution in [-0.4, -0.2) is 44.0 Å². The maximum absolute atomic E-state index is 10.3. The Morgan fingerprint density at radius 1 is 1.52 bits per heavy atom. The molecule has 4 rings (SSSR count). The van der Waals surface area contributed by atoms with Crippen LogP contribution >= 0.6 is 22.9 Å². The third kappa shape index (κ3) is 3.66. The van der Waals surface area contributed by atoms with Crippen molar-refractivity contribution in [1.82, 2.24) is 20.3 Å². The van der Waals surface area contributed by atoms with E-state index in [9.17, 15) is 10.2 Å². The lowest BCUT2D eigenvalue weighted by Gasteiger charge is -2.46. The van der Waals surface area contributed by atoms with Gasteiger partial charge in [-0.05, 0) is 25.8 Å². The summed E-state index contributed by atoms with van der Waals surface area (Å²) >= 11 is 7.75. The molecule has 1 unspecified atom stereocenters. The Balaban J connectivity index is 1.62. The third-order valence-corrected chi connectivity index (χ3v) is 6.92. The molecule has 2 aromatic rings. The van der Waals surface area contributed by atoms with E-state index in [1.165, 1.54) is 11.3 Å². The van der Waals surface area contributed by atoms with Crippen molar-refractivity contribution in [3.8, 4) is 0 Å². The molecule has 3 N–H and O–H groups in total. The first kappa shape index (κ1) is 19.3. The van der Waals surface area contributed by atoms with Crippen molar-refractivity contribution < 1.29 is 14.9 Å². The zero-order valence-electron chi connectivity index (χ0n) is 15.4. The van der Waals surface area contributed by atoms with E-state index in [0.29, 0.717) is 23.7 Å². The van der Waals surface area contributed by atoms with Crippen LogP contribution < -0.4 is 5.32 Å². The average molecular weight is 413 g/mol. The Kier molecular flexibility index (Phi) is 5.30. The van der Waals surface area contributed by atoms with Gasteiger partial charge in [-0.1, -0.05) is 23.7 Å². The van der Waals surface area contributed by atoms with Crippen molar-refractivity contribution in [2.45, 2.75) is 69.5 Å². The molecule has 0 amide bonds. The quantitative estimate of drug-likeness (QED) is 0.714. The number of nitrogens with one attached hydrogen (secondary N) is 1. The van der Waals surface area contributed by atoms with Gasteiger partial charge in [-0.3, -0.25) is 0 Å². The van der Waals surface area contributed by atoms with Gasteiger partial charge in [0, 0.05) is 22.9 Å². The first-order valence-corrected chi connectivity index (χ1v) is 10.6. The van der Waals surface area contributed by atoms with Crippen LogP contribution in [0.15, 0.2) is 12.3 Å². The van der Waals surface area contributed by atoms with Crippen LogP contribution in [0.3, 0.4) is 0 Å². The Hall–Kier alpha value is -1.03. The number of aliphatic hydroxyl groups excluding tert-OH is 2. The number of piperidine rings is 1. The normalized spacial score (nSPS) is 31.8. The van der Waals surface area contributed by atoms with E-state index >= 15 is 0 Å². The molecule has 0 aliphatic carbocycles. The lowest BCUT2D eigenvalue weighted by molar-refractivity contribution is -0.129. The molecule has 1 saturated heterocycles. The number of thiophene rings is 1. The number of hydrogen-bond acceptors (Lipinski definition) is 7. The monoisotopic (exact) mass is 412 g/mol. The maximum Gasteiger partial charge on any atom is 0.106 e. The molecule has 0 saturated carbocycles. The lowest BCUT2D eigenvalue weighted by Crippen LogP contribution is -2.50. The average Bonchev–Trinajstić information content (AvgIpc) is 3.25. The molecule has 2 aliphatic heterocycles. The highest BCUT2D eigenvalue weighted by atomic mass is 35.5. The number of halogens is 1. The Bertz CT molecular complexity index is 812. The van der Waals surface area contributed by atoms with Crippen molar-refractivity contribution in [1.29, 1.82) is 0 Å². The molecule has 2 aromatic heterocycles. The molecule has 7 nitrogen and oxygen atoms in total. The molecule has 1 spiro atoms. The van der Waals surface area contributed by atoms with E-state index in [4.69, 9.17) is 16.3 Å². The van der Waals surface area contributed by atoms with Crippen molar-refractivity contribution in [2.24, 2.45) is 0 Å². The molecule has 9 heteroatoms. The summed E-state index contributed by atoms with van der Waals surface area (Å²) in [5.41, 5.74) is 1.25. The fourth-order valence-corrected chi connectivity index (χ4v) is 5.59. The number of fused-ring (bicyclic) bond motifs is 2. The van der Waals surface area contributed by atoms with Crippen molar-refractivity contribution in [2.75, 3.05) is 6.61 Å². The number of aliphatic hydroxyl groups is 2. The second-order valence-electron chi connectivity index (χ2n) is 7.61. The van der Waals surface area contributed by atoms with Gasteiger partial charge in [-0.15, -0.1) is 16.4 Å². The standard InChI is InChI=1S/C18H25ClN4O3S/c1-3-11(24)7-23-8-14(21-22-23)13-6-18(5-10(2)20-13)17-12(4-16(19)27-17)15(25)9-26-18/h4,8,10-11,13,15,20,24-25H,3,5-7,9H2,1-2H3/t10-,11?,13-,15+,18-/m0/s1. The van der Waals surface area contributed by atoms with Crippen LogP contribution in [0.5, 0.6) is 0 Å². The molecular formula is C18H25ClN4O3S. The summed E-state index contributed by atoms with van der Waals surface area (Å²) in [4.78, 5) is 1.03. The summed E-state index contributed by atoms with van der Waals surface area (Å²) in [6.07, 6.45) is 3.01. The SMILES string of the molecule is CCC(O)Cn1cc([C@@H]2C[C@]3(C[C@H](C)N2)OC[C@@H](O)c2cc(Cl)sc23)nn1. The summed E-state index contributed by atoms with van der Waals surface area (Å²) in [5, 5.41) is 32.2. The molecule has 0 bridgehead atoms. The minimum absolute atomic E-state index is 0.0229. The van der Waals surface area contributed by atoms with E-state index in [0.717, 1.165) is 22.6 Å². The minimum Gasteiger partial charge on any atom is -0.391 e. The Morgan fingerprint density at radius 2 is 2.33 bits per heavy atom. The highest BCUT2D eigenvalue weighted by Crippen LogP contribution is 2.51. The van der Waals surface area contributed by atoms with Crippen molar-refractivity contribution in [3.05, 3.63) is 32.7 Å². The third-order valence-electron chi connectivity index (χ3n) is 5.46. The zero-order chi connectivity index (χ0) is 19.2. The smallest absolute Gasteiger partial charge is 0.106 e. The van der Waals surface area contributed by atoms with E-state index in [1.54, 1.807) is 4.68 Å². The summed E-state index contributed by atoms with van der Waals surface area (Å²) in [6.45, 7) is 4.77. The second kappa shape index (κ2) is 7.42. The molecular weight excluding hydrogens is 388 g/mol. The minimum atomic E-state index is -0.630. The van der Waals surface area contributed by atoms with Crippen LogP contribution in [0.4, 0.5) is 0 Å². The zero-order valence-corrected chi connectivity index (χ0v) is 17.0. The first-order valence-electron chi connectivity index (χ1n) is 9.36. The topological polar surface area (TPSA) is 92.4 Å².